The summed E-state index contributed by atoms with van der Waals surface area (Å²) in [7, 11) is 0. The number of phenolic OH excluding ortho intramolecular Hbond substituents is 2. The van der Waals surface area contributed by atoms with Crippen LogP contribution in [0.15, 0.2) is 36.4 Å². The molecule has 3 rings (SSSR count). The predicted molar refractivity (Wildman–Crippen MR) is 121 cm³/mol. The highest BCUT2D eigenvalue weighted by molar-refractivity contribution is 5.59. The number of hydrogen-bond acceptors (Lipinski definition) is 2. The molecule has 1 fully saturated rings. The molecule has 0 unspecified atom stereocenters. The topological polar surface area (TPSA) is 40.5 Å². The monoisotopic (exact) mass is 392 g/mol. The van der Waals surface area contributed by atoms with Gasteiger partial charge < -0.3 is 10.2 Å². The summed E-state index contributed by atoms with van der Waals surface area (Å²) in [5.41, 5.74) is 2.68. The van der Waals surface area contributed by atoms with Crippen molar-refractivity contribution in [2.75, 3.05) is 0 Å². The van der Waals surface area contributed by atoms with Gasteiger partial charge in [-0.15, -0.1) is 0 Å². The number of rotatable bonds is 2. The Morgan fingerprint density at radius 1 is 0.724 bits per heavy atom. The van der Waals surface area contributed by atoms with E-state index in [0.29, 0.717) is 11.5 Å². The van der Waals surface area contributed by atoms with Crippen molar-refractivity contribution in [2.45, 2.75) is 89.9 Å². The van der Waals surface area contributed by atoms with Gasteiger partial charge in [-0.3, -0.25) is 0 Å². The molecule has 1 aliphatic rings. The summed E-state index contributed by atoms with van der Waals surface area (Å²) in [6.45, 7) is 12.7. The molecule has 1 aliphatic carbocycles. The molecule has 0 bridgehead atoms. The molecule has 0 amide bonds. The largest absolute Gasteiger partial charge is 0.507 e. The minimum atomic E-state index is -0.604. The maximum absolute atomic E-state index is 11.4. The lowest BCUT2D eigenvalue weighted by atomic mass is 9.66. The normalized spacial score (nSPS) is 17.7. The Morgan fingerprint density at radius 2 is 1.21 bits per heavy atom. The van der Waals surface area contributed by atoms with Gasteiger partial charge in [0.25, 0.3) is 0 Å². The zero-order chi connectivity index (χ0) is 21.4. The second-order valence-corrected chi connectivity index (χ2v) is 10.5. The molecule has 0 atom stereocenters. The Balaban J connectivity index is 2.31. The summed E-state index contributed by atoms with van der Waals surface area (Å²) in [5.74, 6) is 0.685. The fourth-order valence-electron chi connectivity index (χ4n) is 4.67. The fourth-order valence-corrected chi connectivity index (χ4v) is 4.67. The lowest BCUT2D eigenvalue weighted by molar-refractivity contribution is 0.400. The van der Waals surface area contributed by atoms with Crippen LogP contribution in [0.25, 0.3) is 0 Å². The molecule has 2 radical (unpaired) electrons. The molecule has 0 heterocycles. The molecule has 2 nitrogen and oxygen atoms in total. The van der Waals surface area contributed by atoms with Gasteiger partial charge in [0, 0.05) is 16.5 Å². The van der Waals surface area contributed by atoms with Gasteiger partial charge in [-0.1, -0.05) is 97.2 Å². The molecule has 1 saturated carbocycles. The molecule has 2 heteroatoms. The molecule has 29 heavy (non-hydrogen) atoms. The van der Waals surface area contributed by atoms with Crippen molar-refractivity contribution in [1.29, 1.82) is 0 Å². The second-order valence-electron chi connectivity index (χ2n) is 10.5. The van der Waals surface area contributed by atoms with Gasteiger partial charge in [0.05, 0.1) is 0 Å². The Morgan fingerprint density at radius 3 is 1.66 bits per heavy atom. The third kappa shape index (κ3) is 4.04. The van der Waals surface area contributed by atoms with Crippen molar-refractivity contribution in [3.63, 3.8) is 0 Å². The average molecular weight is 393 g/mol. The minimum Gasteiger partial charge on any atom is -0.507 e. The van der Waals surface area contributed by atoms with E-state index < -0.39 is 5.41 Å². The van der Waals surface area contributed by atoms with Crippen LogP contribution in [0.4, 0.5) is 0 Å². The Bertz CT molecular complexity index is 792. The van der Waals surface area contributed by atoms with Crippen LogP contribution in [-0.4, -0.2) is 10.2 Å². The molecule has 2 aromatic rings. The lowest BCUT2D eigenvalue weighted by Crippen LogP contribution is -2.29. The molecule has 2 N–H and O–H groups in total. The van der Waals surface area contributed by atoms with Gasteiger partial charge in [0.1, 0.15) is 11.5 Å². The standard InChI is InChI=1S/C27H36O2/c1-25(2,3)19-13-11-15-21(23(19)28)27(17-9-7-8-10-18-27)22-16-12-14-20(24(22)29)26(4,5)6/h11-16,28-29H,7-10,17H2,1-6H3. The van der Waals surface area contributed by atoms with Crippen molar-refractivity contribution < 1.29 is 10.2 Å². The van der Waals surface area contributed by atoms with Gasteiger partial charge >= 0.3 is 0 Å². The summed E-state index contributed by atoms with van der Waals surface area (Å²) in [4.78, 5) is 0. The molecule has 0 aliphatic heterocycles. The van der Waals surface area contributed by atoms with Crippen molar-refractivity contribution in [2.24, 2.45) is 0 Å². The highest BCUT2D eigenvalue weighted by Crippen LogP contribution is 2.52. The summed E-state index contributed by atoms with van der Waals surface area (Å²) in [6.07, 6.45) is 8.74. The van der Waals surface area contributed by atoms with Crippen molar-refractivity contribution in [3.8, 4) is 11.5 Å². The molecular formula is C27H36O2. The zero-order valence-electron chi connectivity index (χ0n) is 18.9. The minimum absolute atomic E-state index is 0.165. The number of benzene rings is 2. The number of hydrogen-bond donors (Lipinski definition) is 2. The Labute approximate surface area is 177 Å². The highest BCUT2D eigenvalue weighted by atomic mass is 16.3. The third-order valence-corrected chi connectivity index (χ3v) is 6.26. The van der Waals surface area contributed by atoms with Crippen LogP contribution in [0.2, 0.25) is 0 Å². The predicted octanol–water partition coefficient (Wildman–Crippen LogP) is 7.02. The number of aromatic hydroxyl groups is 2. The first-order valence-corrected chi connectivity index (χ1v) is 10.9. The van der Waals surface area contributed by atoms with E-state index in [9.17, 15) is 10.2 Å². The molecular weight excluding hydrogens is 356 g/mol. The first-order chi connectivity index (χ1) is 13.5. The first-order valence-electron chi connectivity index (χ1n) is 10.9. The van der Waals surface area contributed by atoms with E-state index in [1.807, 2.05) is 36.4 Å². The van der Waals surface area contributed by atoms with Crippen molar-refractivity contribution >= 4 is 0 Å². The molecule has 2 aromatic carbocycles. The van der Waals surface area contributed by atoms with E-state index in [4.69, 9.17) is 0 Å². The van der Waals surface area contributed by atoms with Crippen LogP contribution in [0, 0.1) is 6.42 Å². The second kappa shape index (κ2) is 7.70. The molecule has 0 aromatic heterocycles. The van der Waals surface area contributed by atoms with Gasteiger partial charge in [-0.25, -0.2) is 0 Å². The zero-order valence-corrected chi connectivity index (χ0v) is 18.9. The van der Waals surface area contributed by atoms with Crippen LogP contribution in [-0.2, 0) is 16.2 Å². The maximum Gasteiger partial charge on any atom is 0.123 e. The Kier molecular flexibility index (Phi) is 5.77. The van der Waals surface area contributed by atoms with E-state index in [1.165, 1.54) is 0 Å². The smallest absolute Gasteiger partial charge is 0.123 e. The number of phenols is 2. The van der Waals surface area contributed by atoms with Gasteiger partial charge in [-0.2, -0.15) is 0 Å². The molecule has 0 saturated heterocycles. The van der Waals surface area contributed by atoms with Gasteiger partial charge in [0.15, 0.2) is 0 Å². The number of para-hydroxylation sites is 2. The molecule has 0 spiro atoms. The SMILES string of the molecule is CC(C)(C)c1cccc(C2(c3cccc(C(C)(C)C)c3O)[C]CCCCC2)c1O. The van der Waals surface area contributed by atoms with E-state index in [0.717, 1.165) is 54.4 Å². The van der Waals surface area contributed by atoms with Crippen LogP contribution < -0.4 is 0 Å². The van der Waals surface area contributed by atoms with Crippen LogP contribution in [0.1, 0.15) is 95.9 Å². The van der Waals surface area contributed by atoms with Crippen LogP contribution >= 0.6 is 0 Å². The van der Waals surface area contributed by atoms with E-state index in [1.54, 1.807) is 0 Å². The van der Waals surface area contributed by atoms with Gasteiger partial charge in [-0.05, 0) is 41.2 Å². The van der Waals surface area contributed by atoms with E-state index in [-0.39, 0.29) is 10.8 Å². The van der Waals surface area contributed by atoms with Crippen molar-refractivity contribution in [1.82, 2.24) is 0 Å². The first kappa shape index (κ1) is 21.7. The molecule has 156 valence electrons. The quantitative estimate of drug-likeness (QED) is 0.539. The van der Waals surface area contributed by atoms with Gasteiger partial charge in [0.2, 0.25) is 0 Å². The summed E-state index contributed by atoms with van der Waals surface area (Å²) >= 11 is 0. The maximum atomic E-state index is 11.4. The summed E-state index contributed by atoms with van der Waals surface area (Å²) < 4.78 is 0. The summed E-state index contributed by atoms with van der Waals surface area (Å²) in [6, 6.07) is 12.1. The van der Waals surface area contributed by atoms with Crippen LogP contribution in [0.5, 0.6) is 11.5 Å². The third-order valence-electron chi connectivity index (χ3n) is 6.26. The van der Waals surface area contributed by atoms with E-state index in [2.05, 4.69) is 48.0 Å². The summed E-state index contributed by atoms with van der Waals surface area (Å²) in [5, 5.41) is 22.8. The fraction of sp³-hybridized carbons (Fsp3) is 0.519. The highest BCUT2D eigenvalue weighted by Gasteiger charge is 2.41. The average Bonchev–Trinajstić information content (AvgIpc) is 2.87. The lowest BCUT2D eigenvalue weighted by Gasteiger charge is -2.37. The Hall–Kier alpha value is -1.96. The van der Waals surface area contributed by atoms with E-state index >= 15 is 0 Å². The van der Waals surface area contributed by atoms with Crippen molar-refractivity contribution in [3.05, 3.63) is 65.1 Å². The van der Waals surface area contributed by atoms with Crippen LogP contribution in [0.3, 0.4) is 0 Å².